The fraction of sp³-hybridized carbons (Fsp3) is 0.421. The van der Waals surface area contributed by atoms with Gasteiger partial charge in [0.2, 0.25) is 11.8 Å². The van der Waals surface area contributed by atoms with Crippen LogP contribution in [0.2, 0.25) is 0 Å². The molecule has 3 heterocycles. The van der Waals surface area contributed by atoms with Gasteiger partial charge in [0.1, 0.15) is 0 Å². The first-order valence-electron chi connectivity index (χ1n) is 8.97. The molecule has 1 saturated heterocycles. The van der Waals surface area contributed by atoms with Gasteiger partial charge in [-0.2, -0.15) is 0 Å². The molecule has 7 heteroatoms. The van der Waals surface area contributed by atoms with Gasteiger partial charge in [0, 0.05) is 43.6 Å². The average Bonchev–Trinajstić information content (AvgIpc) is 3.26. The highest BCUT2D eigenvalue weighted by atomic mass is 32.2. The van der Waals surface area contributed by atoms with Crippen LogP contribution >= 0.6 is 11.8 Å². The van der Waals surface area contributed by atoms with E-state index in [0.29, 0.717) is 13.1 Å². The van der Waals surface area contributed by atoms with E-state index in [1.54, 1.807) is 18.7 Å². The normalized spacial score (nSPS) is 19.9. The third-order valence-electron chi connectivity index (χ3n) is 5.13. The Bertz CT molecular complexity index is 779. The summed E-state index contributed by atoms with van der Waals surface area (Å²) in [6.07, 6.45) is 1.45. The van der Waals surface area contributed by atoms with Crippen LogP contribution in [0.4, 0.5) is 5.69 Å². The van der Waals surface area contributed by atoms with Crippen LogP contribution in [0.25, 0.3) is 5.70 Å². The van der Waals surface area contributed by atoms with E-state index in [1.165, 1.54) is 5.70 Å². The van der Waals surface area contributed by atoms with Crippen molar-refractivity contribution in [1.82, 2.24) is 9.80 Å². The third kappa shape index (κ3) is 3.35. The van der Waals surface area contributed by atoms with Gasteiger partial charge in [-0.3, -0.25) is 14.6 Å². The molecular formula is C19H22N4O2S. The minimum atomic E-state index is -0.0254. The molecule has 6 nitrogen and oxygen atoms in total. The molecule has 1 aromatic carbocycles. The number of hydrogen-bond donors (Lipinski definition) is 1. The smallest absolute Gasteiger partial charge is 0.227 e. The van der Waals surface area contributed by atoms with Crippen molar-refractivity contribution in [2.45, 2.75) is 19.8 Å². The summed E-state index contributed by atoms with van der Waals surface area (Å²) in [5, 5.41) is 6.23. The molecule has 26 heavy (non-hydrogen) atoms. The quantitative estimate of drug-likeness (QED) is 0.888. The van der Waals surface area contributed by atoms with Crippen LogP contribution in [-0.4, -0.2) is 53.0 Å². The molecule has 0 spiro atoms. The maximum atomic E-state index is 12.5. The first kappa shape index (κ1) is 17.1. The molecular weight excluding hydrogens is 348 g/mol. The van der Waals surface area contributed by atoms with E-state index in [9.17, 15) is 9.59 Å². The third-order valence-corrected chi connectivity index (χ3v) is 6.03. The van der Waals surface area contributed by atoms with Crippen LogP contribution in [0, 0.1) is 5.92 Å². The fourth-order valence-corrected chi connectivity index (χ4v) is 4.54. The highest BCUT2D eigenvalue weighted by Gasteiger charge is 2.28. The number of carbonyl (C=O) groups excluding carboxylic acids is 2. The second-order valence-corrected chi connectivity index (χ2v) is 7.62. The number of likely N-dealkylation sites (tertiary alicyclic amines) is 1. The van der Waals surface area contributed by atoms with Crippen molar-refractivity contribution >= 4 is 40.1 Å². The maximum absolute atomic E-state index is 12.5. The number of rotatable bonds is 3. The highest BCUT2D eigenvalue weighted by Crippen LogP contribution is 2.35. The molecule has 3 aliphatic heterocycles. The topological polar surface area (TPSA) is 65.0 Å². The lowest BCUT2D eigenvalue weighted by molar-refractivity contribution is -0.132. The zero-order valence-electron chi connectivity index (χ0n) is 14.8. The van der Waals surface area contributed by atoms with E-state index in [1.807, 2.05) is 29.2 Å². The monoisotopic (exact) mass is 370 g/mol. The van der Waals surface area contributed by atoms with Crippen LogP contribution < -0.4 is 5.32 Å². The van der Waals surface area contributed by atoms with Crippen molar-refractivity contribution in [2.24, 2.45) is 10.9 Å². The largest absolute Gasteiger partial charge is 0.343 e. The van der Waals surface area contributed by atoms with Crippen molar-refractivity contribution in [3.05, 3.63) is 35.2 Å². The lowest BCUT2D eigenvalue weighted by Gasteiger charge is -2.30. The van der Waals surface area contributed by atoms with Crippen molar-refractivity contribution in [2.75, 3.05) is 31.5 Å². The van der Waals surface area contributed by atoms with Gasteiger partial charge in [-0.15, -0.1) is 0 Å². The van der Waals surface area contributed by atoms with Gasteiger partial charge in [-0.25, -0.2) is 0 Å². The molecule has 1 fully saturated rings. The van der Waals surface area contributed by atoms with Crippen LogP contribution in [0.15, 0.2) is 34.7 Å². The molecule has 0 aliphatic carbocycles. The molecule has 4 rings (SSSR count). The molecule has 0 aromatic heterocycles. The molecule has 1 N–H and O–H groups in total. The lowest BCUT2D eigenvalue weighted by Crippen LogP contribution is -2.40. The number of piperidine rings is 1. The summed E-state index contributed by atoms with van der Waals surface area (Å²) in [5.74, 6) is 0.109. The van der Waals surface area contributed by atoms with Crippen LogP contribution in [0.1, 0.15) is 25.3 Å². The van der Waals surface area contributed by atoms with Crippen molar-refractivity contribution in [3.8, 4) is 0 Å². The number of fused-ring (bicyclic) bond motifs is 1. The SMILES string of the molecule is CC(=O)N1CCC(C(=O)Nc2ccc(C3=CSC4=NCCN34)cc2)CC1. The summed E-state index contributed by atoms with van der Waals surface area (Å²) in [7, 11) is 0. The Balaban J connectivity index is 1.35. The van der Waals surface area contributed by atoms with E-state index in [2.05, 4.69) is 20.6 Å². The van der Waals surface area contributed by atoms with Crippen molar-refractivity contribution in [1.29, 1.82) is 0 Å². The first-order chi connectivity index (χ1) is 12.6. The summed E-state index contributed by atoms with van der Waals surface area (Å²) >= 11 is 1.67. The number of amidine groups is 1. The first-order valence-corrected chi connectivity index (χ1v) is 9.85. The number of nitrogens with zero attached hydrogens (tertiary/aromatic N) is 3. The van der Waals surface area contributed by atoms with E-state index < -0.39 is 0 Å². The molecule has 136 valence electrons. The predicted octanol–water partition coefficient (Wildman–Crippen LogP) is 2.60. The van der Waals surface area contributed by atoms with Gasteiger partial charge in [-0.1, -0.05) is 23.9 Å². The Kier molecular flexibility index (Phi) is 4.72. The predicted molar refractivity (Wildman–Crippen MR) is 105 cm³/mol. The number of benzene rings is 1. The number of hydrogen-bond acceptors (Lipinski definition) is 5. The number of thioether (sulfide) groups is 1. The van der Waals surface area contributed by atoms with Crippen LogP contribution in [0.5, 0.6) is 0 Å². The molecule has 2 amide bonds. The molecule has 1 aromatic rings. The molecule has 0 unspecified atom stereocenters. The minimum Gasteiger partial charge on any atom is -0.343 e. The molecule has 0 bridgehead atoms. The summed E-state index contributed by atoms with van der Waals surface area (Å²) in [6, 6.07) is 7.99. The zero-order chi connectivity index (χ0) is 18.1. The summed E-state index contributed by atoms with van der Waals surface area (Å²) in [4.78, 5) is 32.4. The summed E-state index contributed by atoms with van der Waals surface area (Å²) in [6.45, 7) is 4.70. The molecule has 0 atom stereocenters. The number of aliphatic imine (C=N–C) groups is 1. The Morgan fingerprint density at radius 1 is 1.15 bits per heavy atom. The Morgan fingerprint density at radius 2 is 1.88 bits per heavy atom. The average molecular weight is 370 g/mol. The number of carbonyl (C=O) groups is 2. The zero-order valence-corrected chi connectivity index (χ0v) is 15.6. The maximum Gasteiger partial charge on any atom is 0.227 e. The van der Waals surface area contributed by atoms with Crippen LogP contribution in [0.3, 0.4) is 0 Å². The molecule has 3 aliphatic rings. The fourth-order valence-electron chi connectivity index (χ4n) is 3.57. The minimum absolute atomic E-state index is 0.0254. The van der Waals surface area contributed by atoms with E-state index >= 15 is 0 Å². The lowest BCUT2D eigenvalue weighted by atomic mass is 9.95. The van der Waals surface area contributed by atoms with Crippen LogP contribution in [-0.2, 0) is 9.59 Å². The van der Waals surface area contributed by atoms with Gasteiger partial charge in [-0.05, 0) is 30.5 Å². The van der Waals surface area contributed by atoms with E-state index in [-0.39, 0.29) is 17.7 Å². The van der Waals surface area contributed by atoms with Gasteiger partial charge >= 0.3 is 0 Å². The number of anilines is 1. The summed E-state index contributed by atoms with van der Waals surface area (Å²) in [5.41, 5.74) is 3.13. The van der Waals surface area contributed by atoms with Crippen molar-refractivity contribution < 1.29 is 9.59 Å². The summed E-state index contributed by atoms with van der Waals surface area (Å²) < 4.78 is 0. The van der Waals surface area contributed by atoms with Gasteiger partial charge < -0.3 is 15.1 Å². The molecule has 0 saturated carbocycles. The van der Waals surface area contributed by atoms with E-state index in [0.717, 1.165) is 42.3 Å². The van der Waals surface area contributed by atoms with Gasteiger partial charge in [0.05, 0.1) is 12.2 Å². The molecule has 0 radical (unpaired) electrons. The Labute approximate surface area is 157 Å². The Morgan fingerprint density at radius 3 is 2.58 bits per heavy atom. The van der Waals surface area contributed by atoms with Gasteiger partial charge in [0.15, 0.2) is 5.17 Å². The second-order valence-electron chi connectivity index (χ2n) is 6.78. The standard InChI is InChI=1S/C19H22N4O2S/c1-13(24)22-9-6-15(7-10-22)18(25)21-16-4-2-14(3-5-16)17-12-26-19-20-8-11-23(17)19/h2-5,12,15H,6-11H2,1H3,(H,21,25). The van der Waals surface area contributed by atoms with Gasteiger partial charge in [0.25, 0.3) is 0 Å². The van der Waals surface area contributed by atoms with E-state index in [4.69, 9.17) is 0 Å². The second kappa shape index (κ2) is 7.15. The number of nitrogens with one attached hydrogen (secondary N) is 1. The highest BCUT2D eigenvalue weighted by molar-refractivity contribution is 8.16. The van der Waals surface area contributed by atoms with Crippen molar-refractivity contribution in [3.63, 3.8) is 0 Å². The number of amides is 2. The Hall–Kier alpha value is -2.28.